The molecule has 3 aromatic heterocycles. The van der Waals surface area contributed by atoms with Crippen LogP contribution in [0.2, 0.25) is 0 Å². The molecular weight excluding hydrogens is 469 g/mol. The van der Waals surface area contributed by atoms with E-state index in [9.17, 15) is 0 Å². The fourth-order valence-corrected chi connectivity index (χ4v) is 2.40. The monoisotopic (exact) mass is 495 g/mol. The van der Waals surface area contributed by atoms with Crippen molar-refractivity contribution < 1.29 is 4.42 Å². The Labute approximate surface area is 181 Å². The number of oxazole rings is 1. The highest BCUT2D eigenvalue weighted by Crippen LogP contribution is 2.22. The van der Waals surface area contributed by atoms with Crippen molar-refractivity contribution in [1.82, 2.24) is 30.4 Å². The Bertz CT molecular complexity index is 897. The normalized spacial score (nSPS) is 11.8. The van der Waals surface area contributed by atoms with Gasteiger partial charge in [-0.2, -0.15) is 5.10 Å². The molecule has 28 heavy (non-hydrogen) atoms. The number of halogens is 1. The Morgan fingerprint density at radius 1 is 1.18 bits per heavy atom. The summed E-state index contributed by atoms with van der Waals surface area (Å²) in [4.78, 5) is 12.9. The first-order valence-corrected chi connectivity index (χ1v) is 8.80. The summed E-state index contributed by atoms with van der Waals surface area (Å²) in [5.41, 5.74) is 1.02. The summed E-state index contributed by atoms with van der Waals surface area (Å²) in [7, 11) is 1.73. The molecule has 0 fully saturated rings. The summed E-state index contributed by atoms with van der Waals surface area (Å²) in [6, 6.07) is 5.81. The lowest BCUT2D eigenvalue weighted by Crippen LogP contribution is -2.36. The lowest BCUT2D eigenvalue weighted by atomic mass is 9.94. The summed E-state index contributed by atoms with van der Waals surface area (Å²) in [5, 5.41) is 10.7. The second kappa shape index (κ2) is 9.67. The van der Waals surface area contributed by atoms with Gasteiger partial charge in [-0.15, -0.1) is 24.0 Å². The topological polar surface area (TPSA) is 93.2 Å². The quantitative estimate of drug-likeness (QED) is 0.321. The highest BCUT2D eigenvalue weighted by atomic mass is 127. The van der Waals surface area contributed by atoms with E-state index in [0.29, 0.717) is 24.9 Å². The van der Waals surface area contributed by atoms with Crippen LogP contribution in [0.5, 0.6) is 0 Å². The molecule has 0 aromatic carbocycles. The first-order valence-electron chi connectivity index (χ1n) is 8.80. The minimum absolute atomic E-state index is 0. The number of aromatic nitrogens is 4. The molecule has 0 aliphatic rings. The van der Waals surface area contributed by atoms with Crippen molar-refractivity contribution in [2.24, 2.45) is 4.99 Å². The zero-order valence-electron chi connectivity index (χ0n) is 16.5. The summed E-state index contributed by atoms with van der Waals surface area (Å²) in [5.74, 6) is 2.94. The van der Waals surface area contributed by atoms with Crippen LogP contribution in [-0.4, -0.2) is 32.8 Å². The van der Waals surface area contributed by atoms with Gasteiger partial charge in [0.15, 0.2) is 11.8 Å². The largest absolute Gasteiger partial charge is 0.443 e. The molecule has 0 bridgehead atoms. The van der Waals surface area contributed by atoms with Gasteiger partial charge in [-0.25, -0.2) is 14.6 Å². The van der Waals surface area contributed by atoms with Gasteiger partial charge in [0.2, 0.25) is 5.89 Å². The molecule has 0 amide bonds. The van der Waals surface area contributed by atoms with Gasteiger partial charge in [0, 0.05) is 37.6 Å². The van der Waals surface area contributed by atoms with E-state index in [1.165, 1.54) is 0 Å². The number of hydrogen-bond donors (Lipinski definition) is 2. The second-order valence-electron chi connectivity index (χ2n) is 7.12. The molecular formula is C19H26IN7O. The lowest BCUT2D eigenvalue weighted by Gasteiger charge is -2.13. The van der Waals surface area contributed by atoms with E-state index in [4.69, 9.17) is 4.42 Å². The molecule has 0 spiro atoms. The Balaban J connectivity index is 0.00000280. The highest BCUT2D eigenvalue weighted by Gasteiger charge is 2.19. The second-order valence-corrected chi connectivity index (χ2v) is 7.12. The molecule has 0 radical (unpaired) electrons. The molecule has 3 heterocycles. The Morgan fingerprint density at radius 3 is 2.61 bits per heavy atom. The van der Waals surface area contributed by atoms with Crippen molar-refractivity contribution in [1.29, 1.82) is 0 Å². The number of nitrogens with zero attached hydrogens (tertiary/aromatic N) is 5. The molecule has 8 nitrogen and oxygen atoms in total. The summed E-state index contributed by atoms with van der Waals surface area (Å²) < 4.78 is 7.52. The van der Waals surface area contributed by atoms with Gasteiger partial charge in [-0.1, -0.05) is 20.8 Å². The van der Waals surface area contributed by atoms with Gasteiger partial charge >= 0.3 is 0 Å². The predicted molar refractivity (Wildman–Crippen MR) is 119 cm³/mol. The van der Waals surface area contributed by atoms with Gasteiger partial charge in [-0.05, 0) is 23.8 Å². The number of pyridine rings is 1. The van der Waals surface area contributed by atoms with Gasteiger partial charge < -0.3 is 15.1 Å². The Morgan fingerprint density at radius 2 is 1.96 bits per heavy atom. The van der Waals surface area contributed by atoms with Crippen LogP contribution in [0.15, 0.2) is 52.4 Å². The van der Waals surface area contributed by atoms with Crippen LogP contribution in [0.1, 0.15) is 38.0 Å². The van der Waals surface area contributed by atoms with Gasteiger partial charge in [-0.3, -0.25) is 4.99 Å². The van der Waals surface area contributed by atoms with Gasteiger partial charge in [0.1, 0.15) is 5.76 Å². The standard InChI is InChI=1S/C19H25N7O.HI/c1-19(2,3)15-12-22-17(27-15)13-24-18(20-4)23-11-14-6-8-21-16(10-14)26-9-5-7-25-26;/h5-10,12H,11,13H2,1-4H3,(H2,20,23,24);1H. The molecule has 2 N–H and O–H groups in total. The average molecular weight is 495 g/mol. The fraction of sp³-hybridized carbons (Fsp3) is 0.368. The van der Waals surface area contributed by atoms with E-state index < -0.39 is 0 Å². The van der Waals surface area contributed by atoms with Crippen molar-refractivity contribution in [2.75, 3.05) is 7.05 Å². The Hall–Kier alpha value is -2.43. The van der Waals surface area contributed by atoms with Crippen molar-refractivity contribution in [3.8, 4) is 5.82 Å². The molecule has 0 saturated carbocycles. The SMILES string of the molecule is CN=C(NCc1ccnc(-n2cccn2)c1)NCc1ncc(C(C)(C)C)o1.I. The molecule has 9 heteroatoms. The van der Waals surface area contributed by atoms with Gasteiger partial charge in [0.05, 0.1) is 12.7 Å². The van der Waals surface area contributed by atoms with E-state index >= 15 is 0 Å². The van der Waals surface area contributed by atoms with Crippen LogP contribution >= 0.6 is 24.0 Å². The van der Waals surface area contributed by atoms with E-state index in [2.05, 4.69) is 51.5 Å². The molecule has 0 aliphatic heterocycles. The van der Waals surface area contributed by atoms with Crippen LogP contribution in [0, 0.1) is 0 Å². The fourth-order valence-electron chi connectivity index (χ4n) is 2.40. The van der Waals surface area contributed by atoms with E-state index in [1.54, 1.807) is 30.3 Å². The first kappa shape index (κ1) is 21.9. The van der Waals surface area contributed by atoms with Crippen LogP contribution in [0.4, 0.5) is 0 Å². The zero-order valence-corrected chi connectivity index (χ0v) is 18.8. The van der Waals surface area contributed by atoms with Gasteiger partial charge in [0.25, 0.3) is 0 Å². The zero-order chi connectivity index (χ0) is 19.3. The molecule has 0 atom stereocenters. The molecule has 0 aliphatic carbocycles. The van der Waals surface area contributed by atoms with E-state index in [0.717, 1.165) is 17.1 Å². The molecule has 3 rings (SSSR count). The van der Waals surface area contributed by atoms with E-state index in [1.807, 2.05) is 24.4 Å². The van der Waals surface area contributed by atoms with Crippen LogP contribution in [0.25, 0.3) is 5.82 Å². The minimum atomic E-state index is -0.0567. The number of hydrogen-bond acceptors (Lipinski definition) is 5. The maximum atomic E-state index is 5.79. The van der Waals surface area contributed by atoms with Crippen LogP contribution < -0.4 is 10.6 Å². The number of nitrogens with one attached hydrogen (secondary N) is 2. The molecule has 0 unspecified atom stereocenters. The molecule has 150 valence electrons. The number of aliphatic imine (C=N–C) groups is 1. The lowest BCUT2D eigenvalue weighted by molar-refractivity contribution is 0.379. The Kier molecular flexibility index (Phi) is 7.55. The van der Waals surface area contributed by atoms with Crippen LogP contribution in [-0.2, 0) is 18.5 Å². The first-order chi connectivity index (χ1) is 13.0. The van der Waals surface area contributed by atoms with Crippen molar-refractivity contribution in [3.05, 3.63) is 60.2 Å². The third-order valence-electron chi connectivity index (χ3n) is 3.93. The summed E-state index contributed by atoms with van der Waals surface area (Å²) >= 11 is 0. The van der Waals surface area contributed by atoms with E-state index in [-0.39, 0.29) is 29.4 Å². The van der Waals surface area contributed by atoms with Crippen molar-refractivity contribution in [3.63, 3.8) is 0 Å². The maximum Gasteiger partial charge on any atom is 0.213 e. The van der Waals surface area contributed by atoms with Crippen LogP contribution in [0.3, 0.4) is 0 Å². The smallest absolute Gasteiger partial charge is 0.213 e. The minimum Gasteiger partial charge on any atom is -0.443 e. The highest BCUT2D eigenvalue weighted by molar-refractivity contribution is 14.0. The summed E-state index contributed by atoms with van der Waals surface area (Å²) in [6.07, 6.45) is 7.14. The molecule has 3 aromatic rings. The number of guanidine groups is 1. The third-order valence-corrected chi connectivity index (χ3v) is 3.93. The maximum absolute atomic E-state index is 5.79. The summed E-state index contributed by atoms with van der Waals surface area (Å²) in [6.45, 7) is 7.35. The third kappa shape index (κ3) is 5.78. The predicted octanol–water partition coefficient (Wildman–Crippen LogP) is 3.04. The average Bonchev–Trinajstić information content (AvgIpc) is 3.34. The molecule has 0 saturated heterocycles. The van der Waals surface area contributed by atoms with Crippen molar-refractivity contribution in [2.45, 2.75) is 39.3 Å². The van der Waals surface area contributed by atoms with Crippen molar-refractivity contribution >= 4 is 29.9 Å². The number of rotatable bonds is 5.